The highest BCUT2D eigenvalue weighted by Gasteiger charge is 2.43. The summed E-state index contributed by atoms with van der Waals surface area (Å²) in [5.74, 6) is -2.10. The molecule has 0 bridgehead atoms. The van der Waals surface area contributed by atoms with Gasteiger partial charge >= 0.3 is 12.1 Å². The molecule has 1 amide bonds. The molecule has 0 spiro atoms. The number of pyridine rings is 1. The second-order valence-corrected chi connectivity index (χ2v) is 7.12. The minimum Gasteiger partial charge on any atom is -0.458 e. The number of nitrogens with zero attached hydrogens (tertiary/aromatic N) is 2. The summed E-state index contributed by atoms with van der Waals surface area (Å²) in [7, 11) is 0. The van der Waals surface area contributed by atoms with Crippen molar-refractivity contribution in [1.29, 1.82) is 0 Å². The Bertz CT molecular complexity index is 734. The average molecular weight is 406 g/mol. The van der Waals surface area contributed by atoms with Gasteiger partial charge in [-0.25, -0.2) is 9.78 Å². The summed E-state index contributed by atoms with van der Waals surface area (Å²) in [4.78, 5) is 29.3. The van der Waals surface area contributed by atoms with Crippen molar-refractivity contribution in [2.24, 2.45) is 0 Å². The molecule has 0 aromatic carbocycles. The number of hydrogen-bond acceptors (Lipinski definition) is 7. The maximum Gasteiger partial charge on any atom is 0.420 e. The van der Waals surface area contributed by atoms with Crippen LogP contribution in [0.4, 0.5) is 19.0 Å². The van der Waals surface area contributed by atoms with Crippen molar-refractivity contribution in [2.75, 3.05) is 18.1 Å². The van der Waals surface area contributed by atoms with E-state index in [9.17, 15) is 33.0 Å². The molecule has 3 atom stereocenters. The van der Waals surface area contributed by atoms with Crippen LogP contribution in [0, 0.1) is 0 Å². The second-order valence-electron chi connectivity index (χ2n) is 7.12. The molecular weight excluding hydrogens is 385 g/mol. The van der Waals surface area contributed by atoms with Crippen LogP contribution in [0.3, 0.4) is 0 Å². The fraction of sp³-hybridized carbons (Fsp3) is 0.588. The van der Waals surface area contributed by atoms with E-state index in [4.69, 9.17) is 9.47 Å². The molecule has 0 radical (unpaired) electrons. The zero-order valence-electron chi connectivity index (χ0n) is 15.4. The zero-order chi connectivity index (χ0) is 21.3. The number of hydrogen-bond donors (Lipinski definition) is 2. The van der Waals surface area contributed by atoms with Crippen molar-refractivity contribution in [2.45, 2.75) is 50.9 Å². The van der Waals surface area contributed by atoms with Crippen LogP contribution >= 0.6 is 0 Å². The molecule has 0 aliphatic carbocycles. The van der Waals surface area contributed by atoms with Crippen molar-refractivity contribution in [3.05, 3.63) is 23.9 Å². The van der Waals surface area contributed by atoms with Gasteiger partial charge in [-0.15, -0.1) is 0 Å². The average Bonchev–Trinajstić information content (AvgIpc) is 2.58. The Balaban J connectivity index is 2.22. The predicted octanol–water partition coefficient (Wildman–Crippen LogP) is 1.11. The second kappa shape index (κ2) is 8.02. The molecule has 1 unspecified atom stereocenters. The number of aliphatic hydroxyl groups excluding tert-OH is 2. The number of anilines is 1. The van der Waals surface area contributed by atoms with Gasteiger partial charge in [0.25, 0.3) is 5.91 Å². The Morgan fingerprint density at radius 1 is 1.32 bits per heavy atom. The fourth-order valence-corrected chi connectivity index (χ4v) is 2.46. The van der Waals surface area contributed by atoms with Gasteiger partial charge in [0.1, 0.15) is 11.4 Å². The van der Waals surface area contributed by atoms with Gasteiger partial charge in [-0.3, -0.25) is 9.69 Å². The van der Waals surface area contributed by atoms with Gasteiger partial charge in [0, 0.05) is 0 Å². The zero-order valence-corrected chi connectivity index (χ0v) is 15.4. The lowest BCUT2D eigenvalue weighted by atomic mass is 10.1. The van der Waals surface area contributed by atoms with Crippen LogP contribution < -0.4 is 4.90 Å². The first kappa shape index (κ1) is 22.1. The third kappa shape index (κ3) is 5.18. The van der Waals surface area contributed by atoms with E-state index in [1.807, 2.05) is 0 Å². The standard InChI is InChI=1S/C17H21F3N2O6/c1-16(2,3)28-15(26)11(23)12-14(25)22(7-8-27-12)10-6-4-5-9(21-10)13(24)17(18,19)20/h4-6,11-13,23-24H,7-8H2,1-3H3/t11-,12-,13?/m1/s1. The number of aromatic nitrogens is 1. The number of alkyl halides is 3. The van der Waals surface area contributed by atoms with Crippen LogP contribution in [0.1, 0.15) is 32.6 Å². The van der Waals surface area contributed by atoms with Crippen LogP contribution in [0.5, 0.6) is 0 Å². The molecule has 1 aliphatic rings. The van der Waals surface area contributed by atoms with Crippen molar-refractivity contribution in [3.8, 4) is 0 Å². The SMILES string of the molecule is CC(C)(C)OC(=O)[C@H](O)[C@H]1OCCN(c2cccc(C(O)C(F)(F)F)n2)C1=O. The molecule has 156 valence electrons. The number of esters is 1. The molecular formula is C17H21F3N2O6. The normalized spacial score (nSPS) is 20.6. The number of halogens is 3. The lowest BCUT2D eigenvalue weighted by Crippen LogP contribution is -2.55. The van der Waals surface area contributed by atoms with E-state index in [1.54, 1.807) is 20.8 Å². The smallest absolute Gasteiger partial charge is 0.420 e. The number of morpholine rings is 1. The van der Waals surface area contributed by atoms with Gasteiger partial charge in [-0.05, 0) is 32.9 Å². The summed E-state index contributed by atoms with van der Waals surface area (Å²) in [5.41, 5.74) is -1.59. The Morgan fingerprint density at radius 3 is 2.54 bits per heavy atom. The summed E-state index contributed by atoms with van der Waals surface area (Å²) in [5, 5.41) is 19.5. The van der Waals surface area contributed by atoms with E-state index < -0.39 is 47.7 Å². The number of amides is 1. The van der Waals surface area contributed by atoms with Crippen molar-refractivity contribution in [1.82, 2.24) is 4.98 Å². The quantitative estimate of drug-likeness (QED) is 0.721. The Labute approximate surface area is 158 Å². The first-order valence-electron chi connectivity index (χ1n) is 8.37. The van der Waals surface area contributed by atoms with Crippen molar-refractivity contribution < 1.29 is 42.4 Å². The molecule has 11 heteroatoms. The summed E-state index contributed by atoms with van der Waals surface area (Å²) < 4.78 is 48.3. The van der Waals surface area contributed by atoms with Gasteiger partial charge in [0.15, 0.2) is 18.3 Å². The topological polar surface area (TPSA) is 109 Å². The molecule has 1 aromatic rings. The Kier molecular flexibility index (Phi) is 6.31. The van der Waals surface area contributed by atoms with Crippen molar-refractivity contribution in [3.63, 3.8) is 0 Å². The van der Waals surface area contributed by atoms with E-state index in [0.29, 0.717) is 0 Å². The third-order valence-corrected chi connectivity index (χ3v) is 3.68. The minimum absolute atomic E-state index is 0.0606. The Hall–Kier alpha value is -2.24. The van der Waals surface area contributed by atoms with Gasteiger partial charge in [-0.2, -0.15) is 13.2 Å². The highest BCUT2D eigenvalue weighted by Crippen LogP contribution is 2.32. The van der Waals surface area contributed by atoms with E-state index in [2.05, 4.69) is 4.98 Å². The molecule has 2 rings (SSSR count). The van der Waals surface area contributed by atoms with Gasteiger partial charge in [-0.1, -0.05) is 6.07 Å². The molecule has 0 saturated carbocycles. The first-order valence-corrected chi connectivity index (χ1v) is 8.37. The summed E-state index contributed by atoms with van der Waals surface area (Å²) in [6.45, 7) is 4.58. The Morgan fingerprint density at radius 2 is 1.96 bits per heavy atom. The van der Waals surface area contributed by atoms with E-state index in [0.717, 1.165) is 11.0 Å². The third-order valence-electron chi connectivity index (χ3n) is 3.68. The molecule has 8 nitrogen and oxygen atoms in total. The molecule has 1 saturated heterocycles. The van der Waals surface area contributed by atoms with Crippen molar-refractivity contribution >= 4 is 17.7 Å². The van der Waals surface area contributed by atoms with Crippen LogP contribution in [0.25, 0.3) is 0 Å². The maximum atomic E-state index is 12.7. The van der Waals surface area contributed by atoms with Gasteiger partial charge in [0.05, 0.1) is 18.8 Å². The number of carbonyl (C=O) groups excluding carboxylic acids is 2. The lowest BCUT2D eigenvalue weighted by molar-refractivity contribution is -0.207. The highest BCUT2D eigenvalue weighted by molar-refractivity contribution is 5.99. The molecule has 1 fully saturated rings. The largest absolute Gasteiger partial charge is 0.458 e. The fourth-order valence-electron chi connectivity index (χ4n) is 2.46. The number of carbonyl (C=O) groups is 2. The van der Waals surface area contributed by atoms with E-state index in [1.165, 1.54) is 12.1 Å². The van der Waals surface area contributed by atoms with Crippen LogP contribution in [-0.2, 0) is 19.1 Å². The van der Waals surface area contributed by atoms with Gasteiger partial charge < -0.3 is 19.7 Å². The first-order chi connectivity index (χ1) is 12.8. The van der Waals surface area contributed by atoms with E-state index >= 15 is 0 Å². The summed E-state index contributed by atoms with van der Waals surface area (Å²) in [6.07, 6.45) is -11.2. The molecule has 28 heavy (non-hydrogen) atoms. The molecule has 1 aromatic heterocycles. The highest BCUT2D eigenvalue weighted by atomic mass is 19.4. The number of ether oxygens (including phenoxy) is 2. The van der Waals surface area contributed by atoms with Crippen LogP contribution in [-0.4, -0.2) is 64.2 Å². The van der Waals surface area contributed by atoms with Crippen LogP contribution in [0.15, 0.2) is 18.2 Å². The number of aliphatic hydroxyl groups is 2. The molecule has 2 heterocycles. The number of rotatable bonds is 4. The predicted molar refractivity (Wildman–Crippen MR) is 89.2 cm³/mol. The van der Waals surface area contributed by atoms with Crippen LogP contribution in [0.2, 0.25) is 0 Å². The molecule has 2 N–H and O–H groups in total. The maximum absolute atomic E-state index is 12.7. The lowest BCUT2D eigenvalue weighted by Gasteiger charge is -2.34. The summed E-state index contributed by atoms with van der Waals surface area (Å²) >= 11 is 0. The van der Waals surface area contributed by atoms with E-state index in [-0.39, 0.29) is 19.0 Å². The van der Waals surface area contributed by atoms with Gasteiger partial charge in [0.2, 0.25) is 0 Å². The monoisotopic (exact) mass is 406 g/mol. The molecule has 1 aliphatic heterocycles. The minimum atomic E-state index is -4.92. The summed E-state index contributed by atoms with van der Waals surface area (Å²) in [6, 6.07) is 3.45.